The Morgan fingerprint density at radius 1 is 0.862 bits per heavy atom. The molecule has 1 atom stereocenters. The summed E-state index contributed by atoms with van der Waals surface area (Å²) in [5, 5.41) is 11.6. The number of allylic oxidation sites excluding steroid dienone is 1. The quantitative estimate of drug-likeness (QED) is 0.493. The molecule has 1 aliphatic rings. The summed E-state index contributed by atoms with van der Waals surface area (Å²) in [7, 11) is 0. The Labute approximate surface area is 172 Å². The Kier molecular flexibility index (Phi) is 5.60. The number of halogens is 2. The molecule has 1 aliphatic carbocycles. The summed E-state index contributed by atoms with van der Waals surface area (Å²) < 4.78 is 25.0. The van der Waals surface area contributed by atoms with Gasteiger partial charge in [-0.3, -0.25) is 4.99 Å². The van der Waals surface area contributed by atoms with Gasteiger partial charge in [-0.05, 0) is 47.0 Å². The molecule has 2 nitrogen and oxygen atoms in total. The van der Waals surface area contributed by atoms with E-state index in [0.29, 0.717) is 28.8 Å². The molecule has 3 aromatic rings. The summed E-state index contributed by atoms with van der Waals surface area (Å²) in [4.78, 5) is 5.16. The fraction of sp³-hybridized carbons (Fsp3) is 0.125. The predicted molar refractivity (Wildman–Crippen MR) is 115 cm³/mol. The molecule has 3 aromatic carbocycles. The molecular formula is C24H19F2NOS. The molecule has 0 heterocycles. The summed E-state index contributed by atoms with van der Waals surface area (Å²) in [5.74, 6) is -2.45. The van der Waals surface area contributed by atoms with Crippen LogP contribution in [0.25, 0.3) is 5.57 Å². The van der Waals surface area contributed by atoms with Crippen LogP contribution in [0.2, 0.25) is 0 Å². The molecule has 0 aliphatic heterocycles. The number of nitrogens with zero attached hydrogens (tertiary/aromatic N) is 1. The minimum absolute atomic E-state index is 0.342. The molecule has 0 amide bonds. The van der Waals surface area contributed by atoms with E-state index in [9.17, 15) is 13.9 Å². The maximum Gasteiger partial charge on any atom is 0.288 e. The number of alkyl halides is 2. The minimum Gasteiger partial charge on any atom is -0.380 e. The van der Waals surface area contributed by atoms with E-state index >= 15 is 0 Å². The van der Waals surface area contributed by atoms with Crippen LogP contribution in [-0.4, -0.2) is 16.6 Å². The molecule has 1 N–H and O–H groups in total. The number of hydrogen-bond donors (Lipinski definition) is 1. The Morgan fingerprint density at radius 2 is 1.48 bits per heavy atom. The second-order valence-corrected chi connectivity index (χ2v) is 7.87. The van der Waals surface area contributed by atoms with E-state index in [2.05, 4.69) is 4.99 Å². The van der Waals surface area contributed by atoms with E-state index in [0.717, 1.165) is 22.4 Å². The SMILES string of the molecule is O[C@@]1(c2ccccc2)CC(=Nc2ccc(SC(F)F)cc2)C=C1c1ccccc1. The highest BCUT2D eigenvalue weighted by molar-refractivity contribution is 7.99. The van der Waals surface area contributed by atoms with Crippen molar-refractivity contribution in [3.8, 4) is 0 Å². The van der Waals surface area contributed by atoms with Crippen LogP contribution in [-0.2, 0) is 5.60 Å². The minimum atomic E-state index is -2.45. The van der Waals surface area contributed by atoms with Gasteiger partial charge >= 0.3 is 0 Å². The first-order valence-electron chi connectivity index (χ1n) is 9.22. The second kappa shape index (κ2) is 8.31. The van der Waals surface area contributed by atoms with Gasteiger partial charge in [-0.25, -0.2) is 0 Å². The highest BCUT2D eigenvalue weighted by Gasteiger charge is 2.40. The topological polar surface area (TPSA) is 32.6 Å². The smallest absolute Gasteiger partial charge is 0.288 e. The first-order chi connectivity index (χ1) is 14.0. The molecule has 0 spiro atoms. The van der Waals surface area contributed by atoms with Crippen LogP contribution in [0.3, 0.4) is 0 Å². The molecule has 146 valence electrons. The molecule has 0 fully saturated rings. The summed E-state index contributed by atoms with van der Waals surface area (Å²) in [6, 6.07) is 26.0. The van der Waals surface area contributed by atoms with Crippen molar-refractivity contribution >= 4 is 28.7 Å². The van der Waals surface area contributed by atoms with Crippen molar-refractivity contribution in [2.75, 3.05) is 0 Å². The molecule has 0 radical (unpaired) electrons. The third-order valence-electron chi connectivity index (χ3n) is 4.86. The maximum absolute atomic E-state index is 12.5. The van der Waals surface area contributed by atoms with Crippen LogP contribution < -0.4 is 0 Å². The first-order valence-corrected chi connectivity index (χ1v) is 10.1. The van der Waals surface area contributed by atoms with Crippen molar-refractivity contribution in [1.29, 1.82) is 0 Å². The maximum atomic E-state index is 12.5. The van der Waals surface area contributed by atoms with Crippen molar-refractivity contribution < 1.29 is 13.9 Å². The third kappa shape index (κ3) is 4.31. The standard InChI is InChI=1S/C24H19F2NOS/c25-23(26)29-21-13-11-19(12-14-21)27-20-15-22(17-7-3-1-4-8-17)24(28,16-20)18-9-5-2-6-10-18/h1-15,23,28H,16H2/t24-/m1/s1. The Balaban J connectivity index is 1.70. The third-order valence-corrected chi connectivity index (χ3v) is 5.59. The summed E-state index contributed by atoms with van der Waals surface area (Å²) >= 11 is 0.511. The monoisotopic (exact) mass is 407 g/mol. The Morgan fingerprint density at radius 3 is 2.10 bits per heavy atom. The fourth-order valence-corrected chi connectivity index (χ4v) is 4.04. The van der Waals surface area contributed by atoms with Gasteiger partial charge in [-0.2, -0.15) is 8.78 Å². The number of aliphatic hydroxyl groups is 1. The van der Waals surface area contributed by atoms with Crippen molar-refractivity contribution in [3.63, 3.8) is 0 Å². The van der Waals surface area contributed by atoms with Gasteiger partial charge in [0.25, 0.3) is 5.76 Å². The summed E-state index contributed by atoms with van der Waals surface area (Å²) in [6.45, 7) is 0. The number of aliphatic imine (C=N–C) groups is 1. The molecule has 0 aromatic heterocycles. The largest absolute Gasteiger partial charge is 0.380 e. The van der Waals surface area contributed by atoms with Gasteiger partial charge < -0.3 is 5.11 Å². The van der Waals surface area contributed by atoms with Crippen molar-refractivity contribution in [1.82, 2.24) is 0 Å². The molecule has 5 heteroatoms. The molecule has 0 bridgehead atoms. The zero-order valence-electron chi connectivity index (χ0n) is 15.5. The molecule has 0 unspecified atom stereocenters. The average Bonchev–Trinajstić information content (AvgIpc) is 3.08. The van der Waals surface area contributed by atoms with Gasteiger partial charge in [0.1, 0.15) is 5.60 Å². The molecule has 0 saturated heterocycles. The van der Waals surface area contributed by atoms with Crippen LogP contribution in [0, 0.1) is 0 Å². The molecule has 4 rings (SSSR count). The lowest BCUT2D eigenvalue weighted by atomic mass is 9.84. The van der Waals surface area contributed by atoms with Crippen LogP contribution >= 0.6 is 11.8 Å². The number of benzene rings is 3. The summed E-state index contributed by atoms with van der Waals surface area (Å²) in [6.07, 6.45) is 2.26. The molecule has 29 heavy (non-hydrogen) atoms. The van der Waals surface area contributed by atoms with Crippen LogP contribution in [0.1, 0.15) is 17.5 Å². The van der Waals surface area contributed by atoms with E-state index in [1.807, 2.05) is 66.7 Å². The van der Waals surface area contributed by atoms with E-state index < -0.39 is 11.4 Å². The molecule has 0 saturated carbocycles. The van der Waals surface area contributed by atoms with Crippen molar-refractivity contribution in [3.05, 3.63) is 102 Å². The van der Waals surface area contributed by atoms with Gasteiger partial charge in [-0.1, -0.05) is 72.4 Å². The number of thioether (sulfide) groups is 1. The fourth-order valence-electron chi connectivity index (χ4n) is 3.55. The molecular weight excluding hydrogens is 388 g/mol. The zero-order valence-corrected chi connectivity index (χ0v) is 16.3. The van der Waals surface area contributed by atoms with Gasteiger partial charge in [0, 0.05) is 17.0 Å². The summed E-state index contributed by atoms with van der Waals surface area (Å²) in [5.41, 5.74) is 2.78. The van der Waals surface area contributed by atoms with Gasteiger partial charge in [0.05, 0.1) is 5.69 Å². The Bertz CT molecular complexity index is 1030. The van der Waals surface area contributed by atoms with E-state index in [1.165, 1.54) is 0 Å². The lowest BCUT2D eigenvalue weighted by molar-refractivity contribution is 0.113. The van der Waals surface area contributed by atoms with Crippen molar-refractivity contribution in [2.24, 2.45) is 4.99 Å². The average molecular weight is 407 g/mol. The lowest BCUT2D eigenvalue weighted by Gasteiger charge is -2.27. The van der Waals surface area contributed by atoms with Gasteiger partial charge in [0.15, 0.2) is 0 Å². The van der Waals surface area contributed by atoms with Crippen LogP contribution in [0.15, 0.2) is 101 Å². The normalized spacial score (nSPS) is 20.3. The van der Waals surface area contributed by atoms with Crippen LogP contribution in [0.4, 0.5) is 14.5 Å². The lowest BCUT2D eigenvalue weighted by Crippen LogP contribution is -2.25. The highest BCUT2D eigenvalue weighted by Crippen LogP contribution is 2.44. The van der Waals surface area contributed by atoms with E-state index in [4.69, 9.17) is 0 Å². The highest BCUT2D eigenvalue weighted by atomic mass is 32.2. The van der Waals surface area contributed by atoms with E-state index in [-0.39, 0.29) is 0 Å². The second-order valence-electron chi connectivity index (χ2n) is 6.80. The zero-order chi connectivity index (χ0) is 20.3. The van der Waals surface area contributed by atoms with Crippen LogP contribution in [0.5, 0.6) is 0 Å². The number of hydrogen-bond acceptors (Lipinski definition) is 3. The Hall–Kier alpha value is -2.76. The van der Waals surface area contributed by atoms with Gasteiger partial charge in [-0.15, -0.1) is 0 Å². The first kappa shape index (κ1) is 19.6. The number of rotatable bonds is 5. The predicted octanol–water partition coefficient (Wildman–Crippen LogP) is 6.45. The van der Waals surface area contributed by atoms with Crippen molar-refractivity contribution in [2.45, 2.75) is 22.7 Å². The van der Waals surface area contributed by atoms with E-state index in [1.54, 1.807) is 24.3 Å². The van der Waals surface area contributed by atoms with Gasteiger partial charge in [0.2, 0.25) is 0 Å².